The number of benzene rings is 1. The summed E-state index contributed by atoms with van der Waals surface area (Å²) in [5.74, 6) is -0.492. The molecule has 0 aliphatic carbocycles. The van der Waals surface area contributed by atoms with Gasteiger partial charge in [0, 0.05) is 36.6 Å². The van der Waals surface area contributed by atoms with Gasteiger partial charge in [-0.05, 0) is 24.5 Å². The molecule has 0 saturated carbocycles. The van der Waals surface area contributed by atoms with E-state index in [1.54, 1.807) is 0 Å². The third kappa shape index (κ3) is 5.01. The molecule has 0 radical (unpaired) electrons. The number of methoxy groups -OCH3 is 1. The number of ether oxygens (including phenoxy) is 1. The Morgan fingerprint density at radius 3 is 2.81 bits per heavy atom. The molecule has 1 saturated heterocycles. The Morgan fingerprint density at radius 1 is 1.33 bits per heavy atom. The molecule has 1 aliphatic heterocycles. The molecule has 0 unspecified atom stereocenters. The number of likely N-dealkylation sites (tertiary alicyclic amines) is 1. The van der Waals surface area contributed by atoms with Crippen molar-refractivity contribution in [1.29, 1.82) is 0 Å². The average Bonchev–Trinajstić information content (AvgIpc) is 3.35. The smallest absolute Gasteiger partial charge is 0.328 e. The van der Waals surface area contributed by atoms with Crippen LogP contribution in [0.15, 0.2) is 30.5 Å². The molecule has 144 valence electrons. The van der Waals surface area contributed by atoms with Crippen LogP contribution >= 0.6 is 24.0 Å². The third-order valence-corrected chi connectivity index (χ3v) is 6.13. The second kappa shape index (κ2) is 9.23. The molecule has 8 heteroatoms. The van der Waals surface area contributed by atoms with Gasteiger partial charge in [0.15, 0.2) is 0 Å². The summed E-state index contributed by atoms with van der Waals surface area (Å²) >= 11 is 6.72. The number of nitrogens with one attached hydrogen (secondary N) is 2. The van der Waals surface area contributed by atoms with E-state index in [2.05, 4.69) is 15.2 Å². The van der Waals surface area contributed by atoms with Crippen LogP contribution in [0.1, 0.15) is 18.4 Å². The predicted octanol–water partition coefficient (Wildman–Crippen LogP) is 2.48. The van der Waals surface area contributed by atoms with Gasteiger partial charge in [0.2, 0.25) is 5.91 Å². The van der Waals surface area contributed by atoms with Gasteiger partial charge in [0.1, 0.15) is 10.4 Å². The van der Waals surface area contributed by atoms with Crippen LogP contribution in [0.2, 0.25) is 0 Å². The fraction of sp³-hybridized carbons (Fsp3) is 0.421. The molecule has 2 N–H and O–H groups in total. The van der Waals surface area contributed by atoms with Crippen molar-refractivity contribution in [3.8, 4) is 0 Å². The second-order valence-corrected chi connectivity index (χ2v) is 8.06. The van der Waals surface area contributed by atoms with Gasteiger partial charge in [0.25, 0.3) is 0 Å². The Kier molecular flexibility index (Phi) is 6.73. The van der Waals surface area contributed by atoms with Crippen LogP contribution < -0.4 is 5.32 Å². The van der Waals surface area contributed by atoms with Crippen molar-refractivity contribution in [2.75, 3.05) is 26.0 Å². The summed E-state index contributed by atoms with van der Waals surface area (Å²) in [7, 11) is 1.33. The van der Waals surface area contributed by atoms with E-state index >= 15 is 0 Å². The van der Waals surface area contributed by atoms with E-state index in [0.29, 0.717) is 6.42 Å². The molecule has 1 amide bonds. The minimum Gasteiger partial charge on any atom is -0.467 e. The number of hydrogen-bond acceptors (Lipinski definition) is 5. The molecule has 3 rings (SSSR count). The first-order valence-electron chi connectivity index (χ1n) is 8.92. The summed E-state index contributed by atoms with van der Waals surface area (Å²) in [5, 5.41) is 3.82. The lowest BCUT2D eigenvalue weighted by molar-refractivity contribution is -0.144. The molecule has 1 fully saturated rings. The van der Waals surface area contributed by atoms with Crippen LogP contribution in [0, 0.1) is 0 Å². The van der Waals surface area contributed by atoms with Crippen LogP contribution in [-0.4, -0.2) is 58.1 Å². The highest BCUT2D eigenvalue weighted by Gasteiger charge is 2.24. The summed E-state index contributed by atoms with van der Waals surface area (Å²) in [4.78, 5) is 29.8. The number of nitrogens with zero attached hydrogens (tertiary/aromatic N) is 1. The number of amides is 1. The molecule has 0 bridgehead atoms. The third-order valence-electron chi connectivity index (χ3n) is 4.61. The number of thiocarbonyl (C=S) groups is 1. The highest BCUT2D eigenvalue weighted by Crippen LogP contribution is 2.20. The Bertz CT molecular complexity index is 830. The van der Waals surface area contributed by atoms with Gasteiger partial charge >= 0.3 is 5.97 Å². The number of H-pyrrole nitrogens is 1. The standard InChI is InChI=1S/C19H23N3O3S2/c1-25-18(24)16(10-13-11-20-15-7-3-2-6-14(13)15)21-17(23)12-27-19(26)22-8-4-5-9-22/h2-3,6-7,11,16,20H,4-5,8-10,12H2,1H3,(H,21,23)/t16-/m1/s1. The molecule has 27 heavy (non-hydrogen) atoms. The Balaban J connectivity index is 1.60. The first kappa shape index (κ1) is 19.7. The average molecular weight is 406 g/mol. The van der Waals surface area contributed by atoms with E-state index in [9.17, 15) is 9.59 Å². The Hall–Kier alpha value is -2.06. The summed E-state index contributed by atoms with van der Waals surface area (Å²) < 4.78 is 5.62. The molecule has 2 heterocycles. The summed E-state index contributed by atoms with van der Waals surface area (Å²) in [5.41, 5.74) is 1.95. The fourth-order valence-electron chi connectivity index (χ4n) is 3.21. The first-order valence-corrected chi connectivity index (χ1v) is 10.3. The molecule has 2 aromatic rings. The number of carbonyl (C=O) groups excluding carboxylic acids is 2. The lowest BCUT2D eigenvalue weighted by atomic mass is 10.0. The normalized spacial score (nSPS) is 14.9. The molecule has 1 aromatic heterocycles. The van der Waals surface area contributed by atoms with Gasteiger partial charge < -0.3 is 19.9 Å². The fourth-order valence-corrected chi connectivity index (χ4v) is 4.27. The van der Waals surface area contributed by atoms with Crippen molar-refractivity contribution in [3.63, 3.8) is 0 Å². The molecule has 1 aliphatic rings. The molecular weight excluding hydrogens is 382 g/mol. The molecule has 0 spiro atoms. The van der Waals surface area contributed by atoms with Gasteiger partial charge in [0.05, 0.1) is 12.9 Å². The molecule has 1 aromatic carbocycles. The zero-order valence-corrected chi connectivity index (χ0v) is 16.8. The van der Waals surface area contributed by atoms with Crippen molar-refractivity contribution in [2.24, 2.45) is 0 Å². The molecule has 6 nitrogen and oxygen atoms in total. The van der Waals surface area contributed by atoms with Gasteiger partial charge in [-0.15, -0.1) is 0 Å². The van der Waals surface area contributed by atoms with Crippen LogP contribution in [0.4, 0.5) is 0 Å². The van der Waals surface area contributed by atoms with Crippen molar-refractivity contribution in [1.82, 2.24) is 15.2 Å². The van der Waals surface area contributed by atoms with Gasteiger partial charge in [-0.3, -0.25) is 4.79 Å². The predicted molar refractivity (Wildman–Crippen MR) is 112 cm³/mol. The number of para-hydroxylation sites is 1. The van der Waals surface area contributed by atoms with Crippen LogP contribution in [-0.2, 0) is 20.7 Å². The maximum absolute atomic E-state index is 12.4. The monoisotopic (exact) mass is 405 g/mol. The van der Waals surface area contributed by atoms with Crippen LogP contribution in [0.5, 0.6) is 0 Å². The van der Waals surface area contributed by atoms with E-state index in [4.69, 9.17) is 17.0 Å². The van der Waals surface area contributed by atoms with E-state index in [-0.39, 0.29) is 11.7 Å². The zero-order valence-electron chi connectivity index (χ0n) is 15.2. The quantitative estimate of drug-likeness (QED) is 0.568. The Labute approximate surface area is 168 Å². The highest BCUT2D eigenvalue weighted by atomic mass is 32.2. The van der Waals surface area contributed by atoms with Gasteiger partial charge in [-0.25, -0.2) is 4.79 Å². The van der Waals surface area contributed by atoms with Crippen molar-refractivity contribution in [3.05, 3.63) is 36.0 Å². The minimum absolute atomic E-state index is 0.191. The van der Waals surface area contributed by atoms with Crippen molar-refractivity contribution in [2.45, 2.75) is 25.3 Å². The number of rotatable bonds is 6. The maximum Gasteiger partial charge on any atom is 0.328 e. The van der Waals surface area contributed by atoms with Crippen LogP contribution in [0.3, 0.4) is 0 Å². The van der Waals surface area contributed by atoms with E-state index in [1.807, 2.05) is 30.5 Å². The van der Waals surface area contributed by atoms with Gasteiger partial charge in [-0.2, -0.15) is 0 Å². The number of fused-ring (bicyclic) bond motifs is 1. The highest BCUT2D eigenvalue weighted by molar-refractivity contribution is 8.23. The van der Waals surface area contributed by atoms with E-state index in [0.717, 1.165) is 46.7 Å². The lowest BCUT2D eigenvalue weighted by Crippen LogP contribution is -2.44. The SMILES string of the molecule is COC(=O)[C@@H](Cc1c[nH]c2ccccc12)NC(=O)CSC(=S)N1CCCC1. The zero-order chi connectivity index (χ0) is 19.2. The van der Waals surface area contributed by atoms with Crippen molar-refractivity contribution >= 4 is 51.1 Å². The molecule has 1 atom stereocenters. The van der Waals surface area contributed by atoms with Crippen LogP contribution in [0.25, 0.3) is 10.9 Å². The summed E-state index contributed by atoms with van der Waals surface area (Å²) in [6, 6.07) is 7.12. The minimum atomic E-state index is -0.734. The number of thioether (sulfide) groups is 1. The summed E-state index contributed by atoms with van der Waals surface area (Å²) in [6.07, 6.45) is 4.51. The number of carbonyl (C=O) groups is 2. The molecular formula is C19H23N3O3S2. The Morgan fingerprint density at radius 2 is 2.07 bits per heavy atom. The van der Waals surface area contributed by atoms with E-state index in [1.165, 1.54) is 18.9 Å². The van der Waals surface area contributed by atoms with Gasteiger partial charge in [-0.1, -0.05) is 42.2 Å². The topological polar surface area (TPSA) is 74.4 Å². The largest absolute Gasteiger partial charge is 0.467 e. The number of aromatic amines is 1. The summed E-state index contributed by atoms with van der Waals surface area (Å²) in [6.45, 7) is 1.91. The van der Waals surface area contributed by atoms with E-state index < -0.39 is 12.0 Å². The maximum atomic E-state index is 12.4. The first-order chi connectivity index (χ1) is 13.1. The van der Waals surface area contributed by atoms with Crippen molar-refractivity contribution < 1.29 is 14.3 Å². The lowest BCUT2D eigenvalue weighted by Gasteiger charge is -2.19. The number of aromatic nitrogens is 1. The number of esters is 1. The number of hydrogen-bond donors (Lipinski definition) is 2. The second-order valence-electron chi connectivity index (χ2n) is 6.46.